The average Bonchev–Trinajstić information content (AvgIpc) is 2.65. The lowest BCUT2D eigenvalue weighted by molar-refractivity contribution is 0.403. The van der Waals surface area contributed by atoms with Crippen molar-refractivity contribution in [3.05, 3.63) is 81.8 Å². The van der Waals surface area contributed by atoms with Crippen LogP contribution < -0.4 is 20.9 Å². The summed E-state index contributed by atoms with van der Waals surface area (Å²) in [7, 11) is 3.30. The van der Waals surface area contributed by atoms with Crippen LogP contribution in [0.1, 0.15) is 22.6 Å². The zero-order valence-corrected chi connectivity index (χ0v) is 16.3. The smallest absolute Gasteiger partial charge is 0.125 e. The number of halogens is 1. The molecule has 3 aromatic carbocycles. The zero-order valence-electron chi connectivity index (χ0n) is 14.7. The van der Waals surface area contributed by atoms with Gasteiger partial charge in [-0.05, 0) is 29.8 Å². The molecule has 5 heteroatoms. The predicted molar refractivity (Wildman–Crippen MR) is 110 cm³/mol. The number of rotatable bonds is 5. The molecule has 0 aliphatic heterocycles. The maximum Gasteiger partial charge on any atom is 0.125 e. The number of methoxy groups -OCH3 is 2. The second kappa shape index (κ2) is 7.70. The minimum atomic E-state index is -0.0887. The Kier molecular flexibility index (Phi) is 5.38. The molecule has 0 saturated carbocycles. The highest BCUT2D eigenvalue weighted by Gasteiger charge is 2.24. The summed E-state index contributed by atoms with van der Waals surface area (Å²) >= 11 is 3.50. The third kappa shape index (κ3) is 3.63. The standard InChI is InChI=1S/C21H21BrN2O2/c1-25-19-11-15(23)7-9-17(19)21(13-3-5-14(22)6-4-13)18-10-8-16(24)12-20(18)26-2/h3-12,21H,23-24H2,1-2H3. The minimum Gasteiger partial charge on any atom is -0.496 e. The molecule has 4 nitrogen and oxygen atoms in total. The fourth-order valence-electron chi connectivity index (χ4n) is 3.11. The first-order valence-corrected chi connectivity index (χ1v) is 8.95. The molecule has 0 heterocycles. The van der Waals surface area contributed by atoms with Crippen molar-refractivity contribution in [3.63, 3.8) is 0 Å². The Hall–Kier alpha value is -2.66. The summed E-state index contributed by atoms with van der Waals surface area (Å²) in [5.41, 5.74) is 16.3. The number of ether oxygens (including phenoxy) is 2. The van der Waals surface area contributed by atoms with Crippen molar-refractivity contribution in [2.75, 3.05) is 25.7 Å². The summed E-state index contributed by atoms with van der Waals surface area (Å²) in [6.45, 7) is 0. The third-order valence-electron chi connectivity index (χ3n) is 4.34. The first kappa shape index (κ1) is 18.1. The van der Waals surface area contributed by atoms with Gasteiger partial charge in [0.1, 0.15) is 11.5 Å². The van der Waals surface area contributed by atoms with Gasteiger partial charge in [0.15, 0.2) is 0 Å². The highest BCUT2D eigenvalue weighted by atomic mass is 79.9. The van der Waals surface area contributed by atoms with Gasteiger partial charge in [-0.15, -0.1) is 0 Å². The number of nitrogens with two attached hydrogens (primary N) is 2. The average molecular weight is 413 g/mol. The van der Waals surface area contributed by atoms with Crippen LogP contribution in [0.3, 0.4) is 0 Å². The van der Waals surface area contributed by atoms with E-state index in [4.69, 9.17) is 20.9 Å². The Labute approximate surface area is 161 Å². The maximum atomic E-state index is 5.95. The highest BCUT2D eigenvalue weighted by molar-refractivity contribution is 9.10. The van der Waals surface area contributed by atoms with E-state index >= 15 is 0 Å². The molecule has 0 amide bonds. The fourth-order valence-corrected chi connectivity index (χ4v) is 3.38. The predicted octanol–water partition coefficient (Wildman–Crippen LogP) is 4.81. The summed E-state index contributed by atoms with van der Waals surface area (Å²) in [5, 5.41) is 0. The van der Waals surface area contributed by atoms with Gasteiger partial charge in [0.2, 0.25) is 0 Å². The van der Waals surface area contributed by atoms with Crippen LogP contribution in [0.2, 0.25) is 0 Å². The van der Waals surface area contributed by atoms with E-state index in [2.05, 4.69) is 28.1 Å². The second-order valence-electron chi connectivity index (χ2n) is 5.99. The van der Waals surface area contributed by atoms with E-state index in [0.717, 1.165) is 32.7 Å². The molecular formula is C21H21BrN2O2. The van der Waals surface area contributed by atoms with Crippen molar-refractivity contribution >= 4 is 27.3 Å². The lowest BCUT2D eigenvalue weighted by atomic mass is 9.84. The normalized spacial score (nSPS) is 10.8. The van der Waals surface area contributed by atoms with Gasteiger partial charge in [-0.2, -0.15) is 0 Å². The molecule has 0 saturated heterocycles. The summed E-state index contributed by atoms with van der Waals surface area (Å²) in [6, 6.07) is 19.6. The van der Waals surface area contributed by atoms with Gasteiger partial charge in [0, 0.05) is 45.0 Å². The minimum absolute atomic E-state index is 0.0887. The second-order valence-corrected chi connectivity index (χ2v) is 6.90. The first-order valence-electron chi connectivity index (χ1n) is 8.15. The van der Waals surface area contributed by atoms with Crippen LogP contribution in [0, 0.1) is 0 Å². The van der Waals surface area contributed by atoms with E-state index in [0.29, 0.717) is 11.4 Å². The van der Waals surface area contributed by atoms with Crippen LogP contribution in [0.5, 0.6) is 11.5 Å². The number of nitrogen functional groups attached to an aromatic ring is 2. The number of anilines is 2. The van der Waals surface area contributed by atoms with Crippen LogP contribution >= 0.6 is 15.9 Å². The summed E-state index contributed by atoms with van der Waals surface area (Å²) < 4.78 is 12.3. The number of hydrogen-bond acceptors (Lipinski definition) is 4. The molecule has 4 N–H and O–H groups in total. The van der Waals surface area contributed by atoms with Gasteiger partial charge in [0.25, 0.3) is 0 Å². The summed E-state index contributed by atoms with van der Waals surface area (Å²) in [5.74, 6) is 1.38. The van der Waals surface area contributed by atoms with E-state index in [1.807, 2.05) is 48.5 Å². The van der Waals surface area contributed by atoms with Crippen molar-refractivity contribution < 1.29 is 9.47 Å². The summed E-state index contributed by atoms with van der Waals surface area (Å²) in [6.07, 6.45) is 0. The third-order valence-corrected chi connectivity index (χ3v) is 4.87. The Balaban J connectivity index is 2.26. The van der Waals surface area contributed by atoms with Gasteiger partial charge in [-0.1, -0.05) is 40.2 Å². The summed E-state index contributed by atoms with van der Waals surface area (Å²) in [4.78, 5) is 0. The quantitative estimate of drug-likeness (QED) is 0.465. The Morgan fingerprint density at radius 1 is 0.731 bits per heavy atom. The number of benzene rings is 3. The van der Waals surface area contributed by atoms with E-state index in [1.54, 1.807) is 14.2 Å². The lowest BCUT2D eigenvalue weighted by Gasteiger charge is -2.23. The molecule has 0 bridgehead atoms. The topological polar surface area (TPSA) is 70.5 Å². The molecule has 0 aliphatic carbocycles. The van der Waals surface area contributed by atoms with Crippen LogP contribution in [0.4, 0.5) is 11.4 Å². The van der Waals surface area contributed by atoms with Crippen LogP contribution in [-0.2, 0) is 0 Å². The van der Waals surface area contributed by atoms with E-state index in [-0.39, 0.29) is 5.92 Å². The van der Waals surface area contributed by atoms with Crippen LogP contribution in [0.15, 0.2) is 65.1 Å². The molecule has 0 spiro atoms. The van der Waals surface area contributed by atoms with Gasteiger partial charge in [-0.3, -0.25) is 0 Å². The molecule has 3 aromatic rings. The Morgan fingerprint density at radius 3 is 1.62 bits per heavy atom. The molecule has 0 fully saturated rings. The van der Waals surface area contributed by atoms with Crippen molar-refractivity contribution in [2.24, 2.45) is 0 Å². The van der Waals surface area contributed by atoms with E-state index in [9.17, 15) is 0 Å². The zero-order chi connectivity index (χ0) is 18.7. The van der Waals surface area contributed by atoms with Crippen LogP contribution in [0.25, 0.3) is 0 Å². The lowest BCUT2D eigenvalue weighted by Crippen LogP contribution is -2.08. The first-order chi connectivity index (χ1) is 12.5. The van der Waals surface area contributed by atoms with Gasteiger partial charge in [-0.25, -0.2) is 0 Å². The molecular weight excluding hydrogens is 392 g/mol. The van der Waals surface area contributed by atoms with Crippen molar-refractivity contribution in [2.45, 2.75) is 5.92 Å². The largest absolute Gasteiger partial charge is 0.496 e. The molecule has 0 unspecified atom stereocenters. The molecule has 0 aromatic heterocycles. The Bertz CT molecular complexity index is 857. The molecule has 3 rings (SSSR count). The molecule has 26 heavy (non-hydrogen) atoms. The van der Waals surface area contributed by atoms with Gasteiger partial charge < -0.3 is 20.9 Å². The van der Waals surface area contributed by atoms with Crippen LogP contribution in [-0.4, -0.2) is 14.2 Å². The highest BCUT2D eigenvalue weighted by Crippen LogP contribution is 2.42. The SMILES string of the molecule is COc1cc(N)ccc1C(c1ccc(Br)cc1)c1ccc(N)cc1OC. The molecule has 0 radical (unpaired) electrons. The molecule has 134 valence electrons. The molecule has 0 aliphatic rings. The van der Waals surface area contributed by atoms with Crippen molar-refractivity contribution in [1.82, 2.24) is 0 Å². The molecule has 0 atom stereocenters. The van der Waals surface area contributed by atoms with E-state index < -0.39 is 0 Å². The Morgan fingerprint density at radius 2 is 1.19 bits per heavy atom. The number of hydrogen-bond donors (Lipinski definition) is 2. The monoisotopic (exact) mass is 412 g/mol. The van der Waals surface area contributed by atoms with Crippen molar-refractivity contribution in [1.29, 1.82) is 0 Å². The van der Waals surface area contributed by atoms with Gasteiger partial charge in [0.05, 0.1) is 14.2 Å². The van der Waals surface area contributed by atoms with E-state index in [1.165, 1.54) is 0 Å². The van der Waals surface area contributed by atoms with Crippen molar-refractivity contribution in [3.8, 4) is 11.5 Å². The fraction of sp³-hybridized carbons (Fsp3) is 0.143. The van der Waals surface area contributed by atoms with Gasteiger partial charge >= 0.3 is 0 Å². The maximum absolute atomic E-state index is 5.95.